The first-order valence-corrected chi connectivity index (χ1v) is 13.3. The molecule has 0 spiro atoms. The van der Waals surface area contributed by atoms with Gasteiger partial charge in [0.1, 0.15) is 21.2 Å². The molecule has 0 aliphatic heterocycles. The molecule has 0 saturated heterocycles. The second-order valence-corrected chi connectivity index (χ2v) is 10.5. The molecule has 0 radical (unpaired) electrons. The van der Waals surface area contributed by atoms with Crippen LogP contribution < -0.4 is 0 Å². The normalized spacial score (nSPS) is 12.5. The minimum Gasteiger partial charge on any atom is -0.505 e. The molecule has 4 aromatic rings. The highest BCUT2D eigenvalue weighted by atomic mass is 32.2. The third-order valence-electron chi connectivity index (χ3n) is 5.15. The average Bonchev–Trinajstić information content (AvgIpc) is 2.86. The molecule has 17 heteroatoms. The minimum absolute atomic E-state index is 0.00956. The lowest BCUT2D eigenvalue weighted by Crippen LogP contribution is -2.01. The Morgan fingerprint density at radius 2 is 1.10 bits per heavy atom. The van der Waals surface area contributed by atoms with E-state index in [1.807, 2.05) is 0 Å². The lowest BCUT2D eigenvalue weighted by atomic mass is 10.1. The second kappa shape index (κ2) is 10.1. The molecule has 200 valence electrons. The number of nitro groups is 1. The van der Waals surface area contributed by atoms with Gasteiger partial charge in [-0.1, -0.05) is 18.2 Å². The Hall–Kier alpha value is -4.84. The first kappa shape index (κ1) is 27.2. The zero-order chi connectivity index (χ0) is 28.5. The fourth-order valence-electron chi connectivity index (χ4n) is 3.40. The van der Waals surface area contributed by atoms with E-state index in [0.29, 0.717) is 12.1 Å². The van der Waals surface area contributed by atoms with E-state index in [1.165, 1.54) is 24.3 Å². The van der Waals surface area contributed by atoms with Gasteiger partial charge in [-0.2, -0.15) is 27.1 Å². The molecule has 4 rings (SSSR count). The van der Waals surface area contributed by atoms with Crippen LogP contribution in [-0.2, 0) is 20.2 Å². The van der Waals surface area contributed by atoms with Gasteiger partial charge in [0, 0.05) is 12.1 Å². The van der Waals surface area contributed by atoms with E-state index in [4.69, 9.17) is 0 Å². The second-order valence-electron chi connectivity index (χ2n) is 7.70. The monoisotopic (exact) mass is 573 g/mol. The molecule has 0 aliphatic rings. The number of hydrogen-bond acceptors (Lipinski definition) is 12. The number of non-ortho nitro benzene ring substituents is 1. The zero-order valence-corrected chi connectivity index (χ0v) is 20.8. The summed E-state index contributed by atoms with van der Waals surface area (Å²) in [6.45, 7) is 0. The molecule has 0 unspecified atom stereocenters. The van der Waals surface area contributed by atoms with Gasteiger partial charge in [0.2, 0.25) is 0 Å². The smallest absolute Gasteiger partial charge is 0.296 e. The zero-order valence-electron chi connectivity index (χ0n) is 19.1. The van der Waals surface area contributed by atoms with Gasteiger partial charge in [-0.25, -0.2) is 0 Å². The predicted octanol–water partition coefficient (Wildman–Crippen LogP) is 5.48. The molecule has 0 saturated carbocycles. The van der Waals surface area contributed by atoms with Crippen LogP contribution in [0.25, 0.3) is 10.8 Å². The fraction of sp³-hybridized carbons (Fsp3) is 0. The van der Waals surface area contributed by atoms with Crippen molar-refractivity contribution in [1.82, 2.24) is 0 Å². The largest absolute Gasteiger partial charge is 0.505 e. The average molecular weight is 574 g/mol. The summed E-state index contributed by atoms with van der Waals surface area (Å²) < 4.78 is 67.7. The van der Waals surface area contributed by atoms with Crippen LogP contribution in [-0.4, -0.2) is 41.1 Å². The van der Waals surface area contributed by atoms with Crippen molar-refractivity contribution < 1.29 is 41.1 Å². The fourth-order valence-corrected chi connectivity index (χ4v) is 4.71. The van der Waals surface area contributed by atoms with Gasteiger partial charge < -0.3 is 10.2 Å². The highest BCUT2D eigenvalue weighted by molar-refractivity contribution is 7.86. The first-order valence-electron chi connectivity index (χ1n) is 10.4. The summed E-state index contributed by atoms with van der Waals surface area (Å²) in [4.78, 5) is 8.15. The summed E-state index contributed by atoms with van der Waals surface area (Å²) in [5.41, 5.74) is -1.68. The number of nitrogens with zero attached hydrogens (tertiary/aromatic N) is 5. The van der Waals surface area contributed by atoms with Gasteiger partial charge >= 0.3 is 0 Å². The lowest BCUT2D eigenvalue weighted by molar-refractivity contribution is -0.384. The number of hydrogen-bond donors (Lipinski definition) is 4. The van der Waals surface area contributed by atoms with Gasteiger partial charge in [0.05, 0.1) is 21.7 Å². The van der Waals surface area contributed by atoms with E-state index in [-0.39, 0.29) is 17.1 Å². The van der Waals surface area contributed by atoms with Crippen molar-refractivity contribution in [3.05, 3.63) is 76.8 Å². The molecule has 0 aliphatic carbocycles. The Morgan fingerprint density at radius 3 is 1.51 bits per heavy atom. The maximum absolute atomic E-state index is 12.1. The van der Waals surface area contributed by atoms with E-state index in [1.54, 1.807) is 18.2 Å². The van der Waals surface area contributed by atoms with Gasteiger partial charge in [0.25, 0.3) is 25.9 Å². The number of fused-ring (bicyclic) bond motifs is 1. The quantitative estimate of drug-likeness (QED) is 0.0937. The van der Waals surface area contributed by atoms with E-state index >= 15 is 0 Å². The van der Waals surface area contributed by atoms with Crippen LogP contribution in [0.5, 0.6) is 11.5 Å². The van der Waals surface area contributed by atoms with Crippen LogP contribution in [0.4, 0.5) is 28.4 Å². The van der Waals surface area contributed by atoms with Crippen LogP contribution >= 0.6 is 0 Å². The number of benzene rings is 4. The summed E-state index contributed by atoms with van der Waals surface area (Å²) in [5.74, 6) is -2.08. The minimum atomic E-state index is -5.13. The van der Waals surface area contributed by atoms with Gasteiger partial charge in [-0.15, -0.1) is 10.2 Å². The molecule has 39 heavy (non-hydrogen) atoms. The SMILES string of the molecule is O=[N+]([O-])c1ccc(N=Nc2c(S(=O)(=O)O)cc3cc(S(=O)(=O)O)c(N=Nc4ccccc4)c(O)c3c2O)cc1. The highest BCUT2D eigenvalue weighted by Gasteiger charge is 2.28. The Balaban J connectivity index is 1.99. The van der Waals surface area contributed by atoms with Crippen LogP contribution in [0.15, 0.2) is 97.0 Å². The number of azo groups is 2. The molecular weight excluding hydrogens is 558 g/mol. The molecule has 4 aromatic carbocycles. The molecule has 0 amide bonds. The number of nitro benzene ring substituents is 1. The molecule has 0 heterocycles. The van der Waals surface area contributed by atoms with Crippen LogP contribution in [0.1, 0.15) is 0 Å². The molecule has 0 atom stereocenters. The summed E-state index contributed by atoms with van der Waals surface area (Å²) in [6, 6.07) is 13.8. The van der Waals surface area contributed by atoms with Crippen molar-refractivity contribution in [2.75, 3.05) is 0 Å². The number of rotatable bonds is 7. The van der Waals surface area contributed by atoms with Crippen LogP contribution in [0.2, 0.25) is 0 Å². The van der Waals surface area contributed by atoms with E-state index in [2.05, 4.69) is 20.5 Å². The number of aromatic hydroxyl groups is 2. The molecule has 0 aromatic heterocycles. The van der Waals surface area contributed by atoms with Crippen molar-refractivity contribution in [3.63, 3.8) is 0 Å². The summed E-state index contributed by atoms with van der Waals surface area (Å²) in [5, 5.41) is 46.5. The van der Waals surface area contributed by atoms with E-state index in [9.17, 15) is 46.3 Å². The summed E-state index contributed by atoms with van der Waals surface area (Å²) in [7, 11) is -10.2. The maximum Gasteiger partial charge on any atom is 0.296 e. The van der Waals surface area contributed by atoms with Crippen molar-refractivity contribution >= 4 is 59.4 Å². The maximum atomic E-state index is 12.1. The summed E-state index contributed by atoms with van der Waals surface area (Å²) in [6.07, 6.45) is 0. The van der Waals surface area contributed by atoms with Gasteiger partial charge in [0.15, 0.2) is 11.5 Å². The van der Waals surface area contributed by atoms with E-state index < -0.39 is 68.6 Å². The molecule has 4 N–H and O–H groups in total. The third-order valence-corrected chi connectivity index (χ3v) is 6.89. The van der Waals surface area contributed by atoms with Crippen LogP contribution in [0.3, 0.4) is 0 Å². The van der Waals surface area contributed by atoms with Crippen LogP contribution in [0, 0.1) is 10.1 Å². The topological polar surface area (TPSA) is 242 Å². The van der Waals surface area contributed by atoms with E-state index in [0.717, 1.165) is 12.1 Å². The van der Waals surface area contributed by atoms with Crippen molar-refractivity contribution in [2.45, 2.75) is 9.79 Å². The Bertz CT molecular complexity index is 1890. The van der Waals surface area contributed by atoms with Gasteiger partial charge in [-0.05, 0) is 41.8 Å². The number of phenols is 2. The lowest BCUT2D eigenvalue weighted by Gasteiger charge is -2.13. The standard InChI is InChI=1S/C22H15N5O10S2/c28-21-18-12(10-16(38(32,33)34)19(21)25-23-13-4-2-1-3-5-13)11-17(39(35,36)37)20(22(18)29)26-24-14-6-8-15(9-7-14)27(30)31/h1-11,28-29H,(H,32,33,34)(H,35,36,37). The Labute approximate surface area is 219 Å². The van der Waals surface area contributed by atoms with Crippen molar-refractivity contribution in [1.29, 1.82) is 0 Å². The Kier molecular flexibility index (Phi) is 7.07. The molecule has 15 nitrogen and oxygen atoms in total. The third kappa shape index (κ3) is 5.70. The van der Waals surface area contributed by atoms with Crippen molar-refractivity contribution in [2.24, 2.45) is 20.5 Å². The molecule has 0 fully saturated rings. The molecule has 0 bridgehead atoms. The predicted molar refractivity (Wildman–Crippen MR) is 135 cm³/mol. The highest BCUT2D eigenvalue weighted by Crippen LogP contribution is 2.50. The number of phenolic OH excluding ortho intramolecular Hbond substituents is 2. The first-order chi connectivity index (χ1) is 18.3. The molecular formula is C22H15N5O10S2. The Morgan fingerprint density at radius 1 is 0.667 bits per heavy atom. The van der Waals surface area contributed by atoms with Crippen molar-refractivity contribution in [3.8, 4) is 11.5 Å². The van der Waals surface area contributed by atoms with Gasteiger partial charge in [-0.3, -0.25) is 19.2 Å². The summed E-state index contributed by atoms with van der Waals surface area (Å²) >= 11 is 0.